The number of benzene rings is 2. The zero-order chi connectivity index (χ0) is 25.0. The number of aromatic hydroxyl groups is 1. The van der Waals surface area contributed by atoms with E-state index >= 15 is 0 Å². The number of phenols is 1. The molecule has 2 aromatic carbocycles. The summed E-state index contributed by atoms with van der Waals surface area (Å²) in [5, 5.41) is 12.2. The number of hydrogen-bond acceptors (Lipinski definition) is 5. The number of aryl methyl sites for hydroxylation is 1. The second-order valence-electron chi connectivity index (χ2n) is 9.08. The highest BCUT2D eigenvalue weighted by Crippen LogP contribution is 2.43. The lowest BCUT2D eigenvalue weighted by molar-refractivity contribution is 0.0818. The predicted molar refractivity (Wildman–Crippen MR) is 133 cm³/mol. The van der Waals surface area contributed by atoms with Crippen LogP contribution in [0.25, 0.3) is 5.65 Å². The number of likely N-dealkylation sites (tertiary alicyclic amines) is 1. The molecule has 36 heavy (non-hydrogen) atoms. The van der Waals surface area contributed by atoms with Gasteiger partial charge in [0.15, 0.2) is 5.78 Å². The summed E-state index contributed by atoms with van der Waals surface area (Å²) in [6.45, 7) is 2.51. The minimum Gasteiger partial charge on any atom is -0.508 e. The van der Waals surface area contributed by atoms with Crippen molar-refractivity contribution >= 4 is 28.9 Å². The number of nitrogens with zero attached hydrogens (tertiary/aromatic N) is 3. The van der Waals surface area contributed by atoms with Gasteiger partial charge in [0.1, 0.15) is 17.1 Å². The lowest BCUT2D eigenvalue weighted by atomic mass is 9.82. The number of anilines is 1. The van der Waals surface area contributed by atoms with Crippen molar-refractivity contribution in [1.29, 1.82) is 0 Å². The Hall–Kier alpha value is -4.72. The molecule has 1 atom stereocenters. The molecule has 1 aliphatic heterocycles. The number of rotatable bonds is 3. The molecule has 4 aromatic rings. The summed E-state index contributed by atoms with van der Waals surface area (Å²) < 4.78 is 1.69. The second kappa shape index (κ2) is 8.20. The first-order valence-corrected chi connectivity index (χ1v) is 11.7. The van der Waals surface area contributed by atoms with Crippen molar-refractivity contribution < 1.29 is 19.5 Å². The lowest BCUT2D eigenvalue weighted by Crippen LogP contribution is -2.29. The molecule has 6 rings (SSSR count). The molecule has 0 radical (unpaired) electrons. The van der Waals surface area contributed by atoms with E-state index in [1.54, 1.807) is 39.9 Å². The summed E-state index contributed by atoms with van der Waals surface area (Å²) in [6, 6.07) is 15.1. The van der Waals surface area contributed by atoms with Crippen molar-refractivity contribution in [2.24, 2.45) is 0 Å². The Kier molecular flexibility index (Phi) is 4.96. The number of allylic oxidation sites excluding steroid dienone is 2. The van der Waals surface area contributed by atoms with Crippen LogP contribution >= 0.6 is 0 Å². The smallest absolute Gasteiger partial charge is 0.278 e. The lowest BCUT2D eigenvalue weighted by Gasteiger charge is -2.26. The molecule has 0 saturated carbocycles. The van der Waals surface area contributed by atoms with Gasteiger partial charge < -0.3 is 19.7 Å². The number of hydrogen-bond donors (Lipinski definition) is 2. The minimum absolute atomic E-state index is 0.0154. The molecule has 3 heterocycles. The summed E-state index contributed by atoms with van der Waals surface area (Å²) in [6.07, 6.45) is 5.66. The molecule has 0 spiro atoms. The molecular formula is C28H22N4O4. The van der Waals surface area contributed by atoms with Gasteiger partial charge in [-0.05, 0) is 60.9 Å². The van der Waals surface area contributed by atoms with Crippen LogP contribution in [0.15, 0.2) is 78.8 Å². The number of amides is 2. The van der Waals surface area contributed by atoms with Crippen LogP contribution in [0.1, 0.15) is 54.7 Å². The van der Waals surface area contributed by atoms with E-state index < -0.39 is 0 Å². The molecule has 8 heteroatoms. The molecule has 1 saturated heterocycles. The van der Waals surface area contributed by atoms with Gasteiger partial charge >= 0.3 is 0 Å². The van der Waals surface area contributed by atoms with E-state index in [-0.39, 0.29) is 35.0 Å². The highest BCUT2D eigenvalue weighted by molar-refractivity contribution is 6.09. The van der Waals surface area contributed by atoms with Gasteiger partial charge in [0.05, 0.1) is 5.69 Å². The van der Waals surface area contributed by atoms with Gasteiger partial charge in [-0.2, -0.15) is 0 Å². The number of carbonyl (C=O) groups excluding carboxylic acids is 3. The number of nitrogens with one attached hydrogen (secondary N) is 1. The van der Waals surface area contributed by atoms with Crippen molar-refractivity contribution in [2.75, 3.05) is 11.9 Å². The Morgan fingerprint density at radius 2 is 1.86 bits per heavy atom. The average Bonchev–Trinajstić information content (AvgIpc) is 3.48. The molecule has 1 aliphatic carbocycles. The maximum atomic E-state index is 13.5. The Morgan fingerprint density at radius 1 is 1.06 bits per heavy atom. The number of aromatic nitrogens is 2. The number of pyridine rings is 1. The third kappa shape index (κ3) is 3.54. The van der Waals surface area contributed by atoms with Crippen LogP contribution in [0.4, 0.5) is 5.69 Å². The molecule has 0 unspecified atom stereocenters. The van der Waals surface area contributed by atoms with Crippen LogP contribution in [0, 0.1) is 6.92 Å². The summed E-state index contributed by atoms with van der Waals surface area (Å²) in [7, 11) is 0. The van der Waals surface area contributed by atoms with E-state index in [1.807, 2.05) is 25.1 Å². The van der Waals surface area contributed by atoms with Gasteiger partial charge in [0, 0.05) is 47.8 Å². The van der Waals surface area contributed by atoms with Gasteiger partial charge in [-0.25, -0.2) is 4.98 Å². The van der Waals surface area contributed by atoms with Crippen molar-refractivity contribution in [3.05, 3.63) is 107 Å². The van der Waals surface area contributed by atoms with E-state index in [9.17, 15) is 19.5 Å². The Labute approximate surface area is 206 Å². The fourth-order valence-electron chi connectivity index (χ4n) is 5.11. The van der Waals surface area contributed by atoms with Gasteiger partial charge in [-0.1, -0.05) is 18.2 Å². The van der Waals surface area contributed by atoms with Crippen LogP contribution in [0.5, 0.6) is 5.75 Å². The maximum Gasteiger partial charge on any atom is 0.278 e. The second-order valence-corrected chi connectivity index (χ2v) is 9.08. The number of fused-ring (bicyclic) bond motifs is 4. The highest BCUT2D eigenvalue weighted by atomic mass is 16.3. The van der Waals surface area contributed by atoms with Crippen LogP contribution in [-0.2, 0) is 0 Å². The summed E-state index contributed by atoms with van der Waals surface area (Å²) >= 11 is 0. The Balaban J connectivity index is 1.25. The average molecular weight is 479 g/mol. The molecule has 2 aromatic heterocycles. The van der Waals surface area contributed by atoms with E-state index in [2.05, 4.69) is 10.3 Å². The van der Waals surface area contributed by atoms with Crippen LogP contribution in [-0.4, -0.2) is 43.5 Å². The third-order valence-corrected chi connectivity index (χ3v) is 6.83. The fraction of sp³-hybridized carbons (Fsp3) is 0.143. The van der Waals surface area contributed by atoms with Crippen molar-refractivity contribution in [3.63, 3.8) is 0 Å². The largest absolute Gasteiger partial charge is 0.508 e. The van der Waals surface area contributed by atoms with Crippen molar-refractivity contribution in [3.8, 4) is 5.75 Å². The van der Waals surface area contributed by atoms with Crippen molar-refractivity contribution in [1.82, 2.24) is 14.3 Å². The molecule has 178 valence electrons. The maximum absolute atomic E-state index is 13.5. The minimum atomic E-state index is -0.321. The van der Waals surface area contributed by atoms with E-state index in [1.165, 1.54) is 24.3 Å². The predicted octanol–water partition coefficient (Wildman–Crippen LogP) is 4.31. The van der Waals surface area contributed by atoms with Gasteiger partial charge in [0.25, 0.3) is 11.8 Å². The van der Waals surface area contributed by atoms with Gasteiger partial charge in [-0.15, -0.1) is 0 Å². The molecule has 1 fully saturated rings. The van der Waals surface area contributed by atoms with Crippen molar-refractivity contribution in [2.45, 2.75) is 19.3 Å². The number of ketones is 1. The number of imidazole rings is 1. The van der Waals surface area contributed by atoms with E-state index in [0.29, 0.717) is 29.0 Å². The van der Waals surface area contributed by atoms with E-state index in [4.69, 9.17) is 0 Å². The fourth-order valence-corrected chi connectivity index (χ4v) is 5.11. The molecule has 2 amide bonds. The number of phenolic OH excluding ortho intramolecular Hbond substituents is 1. The van der Waals surface area contributed by atoms with Crippen LogP contribution < -0.4 is 5.32 Å². The van der Waals surface area contributed by atoms with Crippen LogP contribution in [0.2, 0.25) is 0 Å². The third-order valence-electron chi connectivity index (χ3n) is 6.83. The number of carbonyl (C=O) groups is 3. The SMILES string of the molecule is Cc1cccc2c1[C@H]1CCN(C(=O)c3cn4cc(NC(=O)c5ccc(O)cc5)ccc4n3)C1=CC2=O. The monoisotopic (exact) mass is 478 g/mol. The van der Waals surface area contributed by atoms with Gasteiger partial charge in [0.2, 0.25) is 0 Å². The zero-order valence-electron chi connectivity index (χ0n) is 19.4. The Bertz CT molecular complexity index is 1600. The first kappa shape index (κ1) is 21.8. The topological polar surface area (TPSA) is 104 Å². The zero-order valence-corrected chi connectivity index (χ0v) is 19.4. The first-order chi connectivity index (χ1) is 17.4. The summed E-state index contributed by atoms with van der Waals surface area (Å²) in [5.74, 6) is -0.559. The Morgan fingerprint density at radius 3 is 2.67 bits per heavy atom. The van der Waals surface area contributed by atoms with E-state index in [0.717, 1.165) is 23.2 Å². The molecule has 2 aliphatic rings. The quantitative estimate of drug-likeness (QED) is 0.457. The molecule has 2 N–H and O–H groups in total. The van der Waals surface area contributed by atoms with Gasteiger partial charge in [-0.3, -0.25) is 14.4 Å². The molecular weight excluding hydrogens is 456 g/mol. The molecule has 8 nitrogen and oxygen atoms in total. The first-order valence-electron chi connectivity index (χ1n) is 11.7. The highest BCUT2D eigenvalue weighted by Gasteiger charge is 2.39. The molecule has 0 bridgehead atoms. The normalized spacial score (nSPS) is 16.5. The standard InChI is InChI=1S/C28H22N4O4/c1-16-3-2-4-21-24(34)13-23-20(26(16)21)11-12-32(23)28(36)22-15-31-14-18(7-10-25(31)30-22)29-27(35)17-5-8-19(33)9-6-17/h2-10,13-15,20,33H,11-12H2,1H3,(H,29,35)/t20-/m0/s1. The summed E-state index contributed by atoms with van der Waals surface area (Å²) in [4.78, 5) is 44.9. The summed E-state index contributed by atoms with van der Waals surface area (Å²) in [5.41, 5.74) is 5.28. The van der Waals surface area contributed by atoms with Crippen LogP contribution in [0.3, 0.4) is 0 Å².